The summed E-state index contributed by atoms with van der Waals surface area (Å²) in [5.41, 5.74) is 1.13. The minimum Gasteiger partial charge on any atom is -0.508 e. The first-order valence-electron chi connectivity index (χ1n) is 6.84. The van der Waals surface area contributed by atoms with Crippen molar-refractivity contribution in [1.82, 2.24) is 10.1 Å². The summed E-state index contributed by atoms with van der Waals surface area (Å²) in [5.74, 6) is 1.25. The molecule has 0 amide bonds. The standard InChI is InChI=1S/C15H18N2O3/c1-10-5-6-11(9-12(10)18)13-16-14(17-20-13)15(19-2)7-3-4-8-15/h5-6,9,18H,3-4,7-8H2,1-2H3. The Morgan fingerprint density at radius 3 is 2.70 bits per heavy atom. The van der Waals surface area contributed by atoms with Crippen LogP contribution in [-0.4, -0.2) is 22.4 Å². The molecule has 106 valence electrons. The van der Waals surface area contributed by atoms with Crippen LogP contribution < -0.4 is 0 Å². The minimum absolute atomic E-state index is 0.226. The van der Waals surface area contributed by atoms with Crippen LogP contribution in [-0.2, 0) is 10.3 Å². The lowest BCUT2D eigenvalue weighted by molar-refractivity contribution is -0.0178. The van der Waals surface area contributed by atoms with E-state index in [9.17, 15) is 5.11 Å². The second-order valence-corrected chi connectivity index (χ2v) is 5.33. The van der Waals surface area contributed by atoms with E-state index in [2.05, 4.69) is 10.1 Å². The number of aryl methyl sites for hydroxylation is 1. The number of rotatable bonds is 3. The van der Waals surface area contributed by atoms with Crippen LogP contribution in [0.4, 0.5) is 0 Å². The highest BCUT2D eigenvalue weighted by Crippen LogP contribution is 2.40. The van der Waals surface area contributed by atoms with E-state index in [0.29, 0.717) is 11.7 Å². The molecule has 1 aliphatic rings. The lowest BCUT2D eigenvalue weighted by atomic mass is 10.0. The first-order chi connectivity index (χ1) is 9.64. The topological polar surface area (TPSA) is 68.4 Å². The van der Waals surface area contributed by atoms with Gasteiger partial charge in [-0.3, -0.25) is 0 Å². The van der Waals surface area contributed by atoms with Gasteiger partial charge in [-0.05, 0) is 50.3 Å². The predicted molar refractivity (Wildman–Crippen MR) is 73.3 cm³/mol. The molecule has 5 heteroatoms. The molecule has 0 spiro atoms. The molecule has 0 unspecified atom stereocenters. The normalized spacial score (nSPS) is 17.5. The van der Waals surface area contributed by atoms with E-state index >= 15 is 0 Å². The molecule has 1 fully saturated rings. The number of ether oxygens (including phenoxy) is 1. The molecule has 5 nitrogen and oxygen atoms in total. The van der Waals surface area contributed by atoms with Gasteiger partial charge in [-0.25, -0.2) is 0 Å². The zero-order valence-corrected chi connectivity index (χ0v) is 11.7. The second-order valence-electron chi connectivity index (χ2n) is 5.33. The molecular weight excluding hydrogens is 256 g/mol. The zero-order valence-electron chi connectivity index (χ0n) is 11.7. The van der Waals surface area contributed by atoms with Gasteiger partial charge in [0.05, 0.1) is 0 Å². The molecular formula is C15H18N2O3. The third kappa shape index (κ3) is 2.08. The van der Waals surface area contributed by atoms with Gasteiger partial charge >= 0.3 is 0 Å². The molecule has 1 aliphatic carbocycles. The highest BCUT2D eigenvalue weighted by Gasteiger charge is 2.40. The van der Waals surface area contributed by atoms with Gasteiger partial charge in [0.15, 0.2) is 0 Å². The average Bonchev–Trinajstić information content (AvgIpc) is 3.10. The Morgan fingerprint density at radius 1 is 1.30 bits per heavy atom. The van der Waals surface area contributed by atoms with Crippen LogP contribution in [0.5, 0.6) is 5.75 Å². The number of aromatic nitrogens is 2. The average molecular weight is 274 g/mol. The van der Waals surface area contributed by atoms with Gasteiger partial charge in [-0.15, -0.1) is 0 Å². The fourth-order valence-corrected chi connectivity index (χ4v) is 2.73. The van der Waals surface area contributed by atoms with Crippen LogP contribution in [0, 0.1) is 6.92 Å². The van der Waals surface area contributed by atoms with E-state index in [-0.39, 0.29) is 5.75 Å². The maximum atomic E-state index is 9.76. The van der Waals surface area contributed by atoms with Crippen LogP contribution in [0.15, 0.2) is 22.7 Å². The maximum absolute atomic E-state index is 9.76. The lowest BCUT2D eigenvalue weighted by Gasteiger charge is -2.22. The van der Waals surface area contributed by atoms with Crippen molar-refractivity contribution >= 4 is 0 Å². The van der Waals surface area contributed by atoms with Crippen molar-refractivity contribution < 1.29 is 14.4 Å². The number of hydrogen-bond acceptors (Lipinski definition) is 5. The van der Waals surface area contributed by atoms with E-state index in [1.807, 2.05) is 19.1 Å². The number of phenolic OH excluding ortho intramolecular Hbond substituents is 1. The fourth-order valence-electron chi connectivity index (χ4n) is 2.73. The Kier molecular flexibility index (Phi) is 3.22. The van der Waals surface area contributed by atoms with Crippen molar-refractivity contribution in [2.24, 2.45) is 0 Å². The van der Waals surface area contributed by atoms with Crippen LogP contribution in [0.25, 0.3) is 11.5 Å². The Hall–Kier alpha value is -1.88. The van der Waals surface area contributed by atoms with Gasteiger partial charge in [0.2, 0.25) is 5.82 Å². The fraction of sp³-hybridized carbons (Fsp3) is 0.467. The van der Waals surface area contributed by atoms with Crippen LogP contribution in [0.1, 0.15) is 37.1 Å². The molecule has 0 atom stereocenters. The molecule has 0 radical (unpaired) electrons. The first kappa shape index (κ1) is 13.1. The van der Waals surface area contributed by atoms with E-state index in [4.69, 9.17) is 9.26 Å². The Labute approximate surface area is 117 Å². The lowest BCUT2D eigenvalue weighted by Crippen LogP contribution is -2.25. The minimum atomic E-state index is -0.408. The number of aromatic hydroxyl groups is 1. The largest absolute Gasteiger partial charge is 0.508 e. The van der Waals surface area contributed by atoms with Crippen molar-refractivity contribution in [3.8, 4) is 17.2 Å². The first-order valence-corrected chi connectivity index (χ1v) is 6.84. The Bertz CT molecular complexity index is 615. The molecule has 3 rings (SSSR count). The van der Waals surface area contributed by atoms with Crippen molar-refractivity contribution in [2.75, 3.05) is 7.11 Å². The summed E-state index contributed by atoms with van der Waals surface area (Å²) in [6.07, 6.45) is 4.06. The summed E-state index contributed by atoms with van der Waals surface area (Å²) in [6.45, 7) is 1.84. The highest BCUT2D eigenvalue weighted by atomic mass is 16.5. The molecule has 0 aliphatic heterocycles. The number of methoxy groups -OCH3 is 1. The number of benzene rings is 1. The smallest absolute Gasteiger partial charge is 0.258 e. The third-order valence-corrected chi connectivity index (χ3v) is 4.09. The summed E-state index contributed by atoms with van der Waals surface area (Å²) >= 11 is 0. The molecule has 0 bridgehead atoms. The van der Waals surface area contributed by atoms with Crippen LogP contribution in [0.2, 0.25) is 0 Å². The number of phenols is 1. The van der Waals surface area contributed by atoms with E-state index in [0.717, 1.165) is 36.8 Å². The van der Waals surface area contributed by atoms with Crippen LogP contribution in [0.3, 0.4) is 0 Å². The molecule has 1 aromatic heterocycles. The van der Waals surface area contributed by atoms with Gasteiger partial charge in [0.1, 0.15) is 11.4 Å². The van der Waals surface area contributed by atoms with Crippen molar-refractivity contribution in [3.63, 3.8) is 0 Å². The predicted octanol–water partition coefficient (Wildman–Crippen LogP) is 3.17. The quantitative estimate of drug-likeness (QED) is 0.931. The molecule has 1 aromatic carbocycles. The number of hydrogen-bond donors (Lipinski definition) is 1. The zero-order chi connectivity index (χ0) is 14.2. The Morgan fingerprint density at radius 2 is 2.05 bits per heavy atom. The van der Waals surface area contributed by atoms with E-state index in [1.165, 1.54) is 0 Å². The summed E-state index contributed by atoms with van der Waals surface area (Å²) in [4.78, 5) is 4.46. The third-order valence-electron chi connectivity index (χ3n) is 4.09. The molecule has 20 heavy (non-hydrogen) atoms. The SMILES string of the molecule is COC1(c2noc(-c3ccc(C)c(O)c3)n2)CCCC1. The van der Waals surface area contributed by atoms with Gasteiger partial charge in [0, 0.05) is 12.7 Å². The Balaban J connectivity index is 1.95. The van der Waals surface area contributed by atoms with Crippen LogP contribution >= 0.6 is 0 Å². The summed E-state index contributed by atoms with van der Waals surface area (Å²) < 4.78 is 11.0. The van der Waals surface area contributed by atoms with Gasteiger partial charge < -0.3 is 14.4 Å². The van der Waals surface area contributed by atoms with Gasteiger partial charge in [0.25, 0.3) is 5.89 Å². The van der Waals surface area contributed by atoms with Crippen molar-refractivity contribution in [2.45, 2.75) is 38.2 Å². The molecule has 2 aromatic rings. The van der Waals surface area contributed by atoms with Crippen molar-refractivity contribution in [3.05, 3.63) is 29.6 Å². The molecule has 1 saturated carbocycles. The summed E-state index contributed by atoms with van der Waals surface area (Å²) in [7, 11) is 1.69. The monoisotopic (exact) mass is 274 g/mol. The molecule has 0 saturated heterocycles. The maximum Gasteiger partial charge on any atom is 0.258 e. The number of nitrogens with zero attached hydrogens (tertiary/aromatic N) is 2. The highest BCUT2D eigenvalue weighted by molar-refractivity contribution is 5.57. The van der Waals surface area contributed by atoms with E-state index in [1.54, 1.807) is 13.2 Å². The summed E-state index contributed by atoms with van der Waals surface area (Å²) in [5, 5.41) is 13.8. The molecule has 1 heterocycles. The van der Waals surface area contributed by atoms with E-state index < -0.39 is 5.60 Å². The molecule has 1 N–H and O–H groups in total. The second kappa shape index (κ2) is 4.90. The van der Waals surface area contributed by atoms with Crippen molar-refractivity contribution in [1.29, 1.82) is 0 Å². The van der Waals surface area contributed by atoms with Gasteiger partial charge in [-0.2, -0.15) is 4.98 Å². The van der Waals surface area contributed by atoms with Gasteiger partial charge in [-0.1, -0.05) is 11.2 Å². The summed E-state index contributed by atoms with van der Waals surface area (Å²) in [6, 6.07) is 5.33.